The minimum absolute atomic E-state index is 0.218. The minimum atomic E-state index is -0.218. The molecule has 0 radical (unpaired) electrons. The number of nitrogens with one attached hydrogen (secondary N) is 1. The lowest BCUT2D eigenvalue weighted by molar-refractivity contribution is -0.109. The van der Waals surface area contributed by atoms with Gasteiger partial charge in [-0.25, -0.2) is 0 Å². The second-order valence-corrected chi connectivity index (χ2v) is 3.21. The van der Waals surface area contributed by atoms with E-state index in [1.165, 1.54) is 0 Å². The Morgan fingerprint density at radius 1 is 1.73 bits per heavy atom. The first-order valence-corrected chi connectivity index (χ1v) is 3.76. The van der Waals surface area contributed by atoms with Crippen molar-refractivity contribution >= 4 is 6.29 Å². The molecule has 0 bridgehead atoms. The number of rotatable bonds is 2. The third-order valence-electron chi connectivity index (χ3n) is 2.23. The number of hydrogen-bond acceptors (Lipinski definition) is 2. The summed E-state index contributed by atoms with van der Waals surface area (Å²) < 4.78 is 0. The van der Waals surface area contributed by atoms with E-state index in [2.05, 4.69) is 10.2 Å². The maximum absolute atomic E-state index is 10.6. The summed E-state index contributed by atoms with van der Waals surface area (Å²) in [6.45, 7) is 1.94. The van der Waals surface area contributed by atoms with Crippen LogP contribution in [0.1, 0.15) is 24.2 Å². The highest BCUT2D eigenvalue weighted by Crippen LogP contribution is 2.45. The topological polar surface area (TPSA) is 45.8 Å². The molecule has 1 aliphatic carbocycles. The van der Waals surface area contributed by atoms with Crippen LogP contribution in [0.3, 0.4) is 0 Å². The van der Waals surface area contributed by atoms with Gasteiger partial charge in [0.05, 0.1) is 11.1 Å². The van der Waals surface area contributed by atoms with Gasteiger partial charge < -0.3 is 4.79 Å². The Bertz CT molecular complexity index is 286. The molecule has 11 heavy (non-hydrogen) atoms. The molecular formula is C8H10N2O. The molecule has 3 heteroatoms. The number of H-pyrrole nitrogens is 1. The Morgan fingerprint density at radius 2 is 2.45 bits per heavy atom. The molecule has 3 nitrogen and oxygen atoms in total. The number of nitrogens with zero attached hydrogens (tertiary/aromatic N) is 1. The molecular weight excluding hydrogens is 140 g/mol. The van der Waals surface area contributed by atoms with Crippen LogP contribution in [0.15, 0.2) is 6.07 Å². The fourth-order valence-electron chi connectivity index (χ4n) is 1.24. The van der Waals surface area contributed by atoms with Crippen molar-refractivity contribution in [2.24, 2.45) is 0 Å². The number of aromatic nitrogens is 2. The highest BCUT2D eigenvalue weighted by atomic mass is 16.1. The maximum Gasteiger partial charge on any atom is 0.132 e. The van der Waals surface area contributed by atoms with Gasteiger partial charge in [-0.05, 0) is 25.8 Å². The van der Waals surface area contributed by atoms with Crippen LogP contribution in [0, 0.1) is 6.92 Å². The Hall–Kier alpha value is -1.12. The molecule has 1 fully saturated rings. The molecule has 1 saturated carbocycles. The number of carbonyl (C=O) groups is 1. The zero-order valence-corrected chi connectivity index (χ0v) is 6.42. The highest BCUT2D eigenvalue weighted by molar-refractivity contribution is 5.71. The molecule has 0 atom stereocenters. The summed E-state index contributed by atoms with van der Waals surface area (Å²) in [5, 5.41) is 6.90. The number of aryl methyl sites for hydroxylation is 1. The number of carbonyl (C=O) groups excluding carboxylic acids is 1. The average Bonchev–Trinajstić information content (AvgIpc) is 2.70. The van der Waals surface area contributed by atoms with E-state index in [4.69, 9.17) is 0 Å². The van der Waals surface area contributed by atoms with E-state index in [1.807, 2.05) is 13.0 Å². The summed E-state index contributed by atoms with van der Waals surface area (Å²) in [5.41, 5.74) is 1.71. The molecule has 58 valence electrons. The predicted molar refractivity (Wildman–Crippen MR) is 40.3 cm³/mol. The van der Waals surface area contributed by atoms with Gasteiger partial charge in [0.25, 0.3) is 0 Å². The van der Waals surface area contributed by atoms with Gasteiger partial charge in [-0.2, -0.15) is 5.10 Å². The van der Waals surface area contributed by atoms with Crippen molar-refractivity contribution in [3.63, 3.8) is 0 Å². The summed E-state index contributed by atoms with van der Waals surface area (Å²) in [7, 11) is 0. The number of aromatic amines is 1. The lowest BCUT2D eigenvalue weighted by Crippen LogP contribution is -2.07. The van der Waals surface area contributed by atoms with Gasteiger partial charge >= 0.3 is 0 Å². The summed E-state index contributed by atoms with van der Waals surface area (Å²) in [5.74, 6) is 0. The van der Waals surface area contributed by atoms with Crippen molar-refractivity contribution in [1.29, 1.82) is 0 Å². The first-order valence-electron chi connectivity index (χ1n) is 3.76. The molecule has 0 unspecified atom stereocenters. The van der Waals surface area contributed by atoms with Crippen molar-refractivity contribution < 1.29 is 4.79 Å². The SMILES string of the molecule is Cc1cc(C2(C=O)CC2)n[nH]1. The zero-order valence-electron chi connectivity index (χ0n) is 6.42. The van der Waals surface area contributed by atoms with Crippen LogP contribution in [0.5, 0.6) is 0 Å². The van der Waals surface area contributed by atoms with Gasteiger partial charge in [-0.3, -0.25) is 5.10 Å². The van der Waals surface area contributed by atoms with E-state index in [1.54, 1.807) is 0 Å². The van der Waals surface area contributed by atoms with Gasteiger partial charge in [0.2, 0.25) is 0 Å². The van der Waals surface area contributed by atoms with E-state index in [9.17, 15) is 4.79 Å². The second-order valence-electron chi connectivity index (χ2n) is 3.21. The first-order chi connectivity index (χ1) is 5.27. The zero-order chi connectivity index (χ0) is 7.90. The van der Waals surface area contributed by atoms with E-state index in [0.29, 0.717) is 0 Å². The van der Waals surface area contributed by atoms with Crippen LogP contribution < -0.4 is 0 Å². The van der Waals surface area contributed by atoms with Crippen LogP contribution in [0.25, 0.3) is 0 Å². The van der Waals surface area contributed by atoms with E-state index >= 15 is 0 Å². The molecule has 2 rings (SSSR count). The largest absolute Gasteiger partial charge is 0.302 e. The predicted octanol–water partition coefficient (Wildman–Crippen LogP) is 0.949. The molecule has 1 aromatic heterocycles. The molecule has 1 aromatic rings. The van der Waals surface area contributed by atoms with Crippen molar-refractivity contribution in [3.8, 4) is 0 Å². The third kappa shape index (κ3) is 0.878. The van der Waals surface area contributed by atoms with E-state index in [0.717, 1.165) is 30.5 Å². The van der Waals surface area contributed by atoms with E-state index in [-0.39, 0.29) is 5.41 Å². The summed E-state index contributed by atoms with van der Waals surface area (Å²) in [6, 6.07) is 1.95. The fraction of sp³-hybridized carbons (Fsp3) is 0.500. The molecule has 1 N–H and O–H groups in total. The lowest BCUT2D eigenvalue weighted by Gasteiger charge is -1.98. The van der Waals surface area contributed by atoms with Gasteiger partial charge in [0.15, 0.2) is 0 Å². The molecule has 0 saturated heterocycles. The van der Waals surface area contributed by atoms with Crippen LogP contribution in [-0.4, -0.2) is 16.5 Å². The van der Waals surface area contributed by atoms with Gasteiger partial charge in [-0.1, -0.05) is 0 Å². The van der Waals surface area contributed by atoms with Crippen molar-refractivity contribution in [2.75, 3.05) is 0 Å². The van der Waals surface area contributed by atoms with Crippen LogP contribution >= 0.6 is 0 Å². The standard InChI is InChI=1S/C8H10N2O/c1-6-4-7(10-9-6)8(5-11)2-3-8/h4-5H,2-3H2,1H3,(H,9,10). The Balaban J connectivity index is 2.36. The molecule has 1 aliphatic rings. The highest BCUT2D eigenvalue weighted by Gasteiger charge is 2.46. The Kier molecular flexibility index (Phi) is 1.16. The smallest absolute Gasteiger partial charge is 0.132 e. The molecule has 0 amide bonds. The molecule has 0 aliphatic heterocycles. The number of hydrogen-bond donors (Lipinski definition) is 1. The molecule has 0 spiro atoms. The first kappa shape index (κ1) is 6.58. The van der Waals surface area contributed by atoms with Crippen molar-refractivity contribution in [2.45, 2.75) is 25.2 Å². The van der Waals surface area contributed by atoms with Gasteiger partial charge in [0, 0.05) is 5.69 Å². The lowest BCUT2D eigenvalue weighted by atomic mass is 10.1. The summed E-state index contributed by atoms with van der Waals surface area (Å²) in [4.78, 5) is 10.6. The second kappa shape index (κ2) is 1.94. The molecule has 1 heterocycles. The summed E-state index contributed by atoms with van der Waals surface area (Å²) in [6.07, 6.45) is 2.93. The Morgan fingerprint density at radius 3 is 2.82 bits per heavy atom. The van der Waals surface area contributed by atoms with Crippen molar-refractivity contribution in [3.05, 3.63) is 17.5 Å². The van der Waals surface area contributed by atoms with Crippen LogP contribution in [0.2, 0.25) is 0 Å². The van der Waals surface area contributed by atoms with Gasteiger partial charge in [0.1, 0.15) is 6.29 Å². The van der Waals surface area contributed by atoms with Crippen LogP contribution in [0.4, 0.5) is 0 Å². The normalized spacial score (nSPS) is 19.7. The monoisotopic (exact) mass is 150 g/mol. The van der Waals surface area contributed by atoms with Crippen molar-refractivity contribution in [1.82, 2.24) is 10.2 Å². The van der Waals surface area contributed by atoms with Gasteiger partial charge in [-0.15, -0.1) is 0 Å². The Labute approximate surface area is 64.8 Å². The summed E-state index contributed by atoms with van der Waals surface area (Å²) >= 11 is 0. The fourth-order valence-corrected chi connectivity index (χ4v) is 1.24. The quantitative estimate of drug-likeness (QED) is 0.638. The third-order valence-corrected chi connectivity index (χ3v) is 2.23. The minimum Gasteiger partial charge on any atom is -0.302 e. The molecule has 0 aromatic carbocycles. The number of aldehydes is 1. The average molecular weight is 150 g/mol. The maximum atomic E-state index is 10.6. The van der Waals surface area contributed by atoms with E-state index < -0.39 is 0 Å². The van der Waals surface area contributed by atoms with Crippen LogP contribution in [-0.2, 0) is 10.2 Å².